The van der Waals surface area contributed by atoms with Crippen molar-refractivity contribution in [3.63, 3.8) is 0 Å². The summed E-state index contributed by atoms with van der Waals surface area (Å²) in [6.07, 6.45) is 4.79. The number of benzene rings is 2. The lowest BCUT2D eigenvalue weighted by molar-refractivity contribution is 0.110. The topological polar surface area (TPSA) is 65.4 Å². The van der Waals surface area contributed by atoms with E-state index < -0.39 is 11.2 Å². The third kappa shape index (κ3) is 7.47. The normalized spacial score (nSPS) is 16.9. The van der Waals surface area contributed by atoms with Crippen LogP contribution in [0, 0.1) is 5.41 Å². The van der Waals surface area contributed by atoms with Crippen molar-refractivity contribution >= 4 is 51.2 Å². The number of para-hydroxylation sites is 1. The van der Waals surface area contributed by atoms with Gasteiger partial charge in [0.1, 0.15) is 6.26 Å². The van der Waals surface area contributed by atoms with E-state index in [9.17, 15) is 4.55 Å². The van der Waals surface area contributed by atoms with E-state index in [4.69, 9.17) is 17.0 Å². The highest BCUT2D eigenvalue weighted by Gasteiger charge is 2.21. The van der Waals surface area contributed by atoms with Crippen molar-refractivity contribution in [2.24, 2.45) is 0 Å². The third-order valence-corrected chi connectivity index (χ3v) is 9.21. The first-order chi connectivity index (χ1) is 17.8. The van der Waals surface area contributed by atoms with Gasteiger partial charge in [-0.2, -0.15) is 0 Å². The molecular formula is C29H35ClN4OS2. The standard InChI is InChI=1S/C29H35ClN4OS2/c1-4-21(2)34-16-14-33(15-17-34)20-23(31)19-27(32-26-11-6-5-10-25(26)30)29-13-12-28(36-29)22-8-7-9-24(18-22)37(3)35/h5-13,18-19,21,31-32H,4,14-17,20H2,1-3H3/b27-19-,31-23?. The molecular weight excluding hydrogens is 520 g/mol. The first-order valence-electron chi connectivity index (χ1n) is 12.6. The molecule has 4 rings (SSSR count). The van der Waals surface area contributed by atoms with E-state index in [1.807, 2.05) is 54.6 Å². The maximum absolute atomic E-state index is 12.0. The molecule has 196 valence electrons. The minimum Gasteiger partial charge on any atom is -0.612 e. The van der Waals surface area contributed by atoms with E-state index in [0.717, 1.165) is 57.8 Å². The molecule has 1 saturated heterocycles. The van der Waals surface area contributed by atoms with Gasteiger partial charge in [-0.3, -0.25) is 9.80 Å². The molecule has 2 unspecified atom stereocenters. The molecule has 2 aromatic carbocycles. The molecule has 2 N–H and O–H groups in total. The largest absolute Gasteiger partial charge is 0.612 e. The summed E-state index contributed by atoms with van der Waals surface area (Å²) in [7, 11) is 0. The van der Waals surface area contributed by atoms with Crippen LogP contribution < -0.4 is 5.32 Å². The number of thiophene rings is 1. The van der Waals surface area contributed by atoms with Crippen molar-refractivity contribution in [1.29, 1.82) is 5.41 Å². The van der Waals surface area contributed by atoms with Gasteiger partial charge < -0.3 is 15.3 Å². The van der Waals surface area contributed by atoms with E-state index in [-0.39, 0.29) is 0 Å². The van der Waals surface area contributed by atoms with E-state index in [0.29, 0.717) is 23.3 Å². The van der Waals surface area contributed by atoms with Crippen molar-refractivity contribution in [3.8, 4) is 10.4 Å². The Labute approximate surface area is 232 Å². The van der Waals surface area contributed by atoms with Gasteiger partial charge in [-0.1, -0.05) is 42.8 Å². The Kier molecular flexibility index (Phi) is 9.87. The summed E-state index contributed by atoms with van der Waals surface area (Å²) < 4.78 is 12.0. The average molecular weight is 555 g/mol. The second-order valence-electron chi connectivity index (χ2n) is 9.40. The Morgan fingerprint density at radius 3 is 2.59 bits per heavy atom. The Hall–Kier alpha value is -2.13. The molecule has 0 saturated carbocycles. The molecule has 2 heterocycles. The fraction of sp³-hybridized carbons (Fsp3) is 0.345. The molecule has 3 aromatic rings. The smallest absolute Gasteiger partial charge is 0.153 e. The highest BCUT2D eigenvalue weighted by Crippen LogP contribution is 2.34. The van der Waals surface area contributed by atoms with Crippen LogP contribution in [-0.4, -0.2) is 65.1 Å². The molecule has 37 heavy (non-hydrogen) atoms. The monoisotopic (exact) mass is 554 g/mol. The molecule has 8 heteroatoms. The van der Waals surface area contributed by atoms with Crippen LogP contribution in [0.3, 0.4) is 0 Å². The summed E-state index contributed by atoms with van der Waals surface area (Å²) >= 11 is 7.08. The quantitative estimate of drug-likeness (QED) is 0.216. The summed E-state index contributed by atoms with van der Waals surface area (Å²) in [6, 6.07) is 20.3. The molecule has 0 amide bonds. The second-order valence-corrected chi connectivity index (χ2v) is 12.3. The van der Waals surface area contributed by atoms with Gasteiger partial charge in [0.05, 0.1) is 21.3 Å². The number of hydrogen-bond donors (Lipinski definition) is 2. The van der Waals surface area contributed by atoms with Crippen molar-refractivity contribution in [1.82, 2.24) is 9.80 Å². The van der Waals surface area contributed by atoms with E-state index >= 15 is 0 Å². The van der Waals surface area contributed by atoms with Gasteiger partial charge in [0.15, 0.2) is 4.90 Å². The fourth-order valence-corrected chi connectivity index (χ4v) is 6.14. The minimum atomic E-state index is -1.03. The number of hydrogen-bond acceptors (Lipinski definition) is 6. The summed E-state index contributed by atoms with van der Waals surface area (Å²) in [5.41, 5.74) is 3.26. The van der Waals surface area contributed by atoms with E-state index in [2.05, 4.69) is 41.1 Å². The Bertz CT molecular complexity index is 1230. The summed E-state index contributed by atoms with van der Waals surface area (Å²) in [4.78, 5) is 7.82. The highest BCUT2D eigenvalue weighted by molar-refractivity contribution is 7.90. The van der Waals surface area contributed by atoms with Crippen molar-refractivity contribution < 1.29 is 4.55 Å². The molecule has 0 aliphatic carbocycles. The molecule has 1 aromatic heterocycles. The van der Waals surface area contributed by atoms with Gasteiger partial charge in [-0.15, -0.1) is 11.3 Å². The van der Waals surface area contributed by atoms with Crippen LogP contribution in [0.15, 0.2) is 71.6 Å². The van der Waals surface area contributed by atoms with Crippen LogP contribution in [0.25, 0.3) is 16.1 Å². The number of nitrogens with one attached hydrogen (secondary N) is 2. The van der Waals surface area contributed by atoms with Crippen LogP contribution in [0.2, 0.25) is 5.02 Å². The van der Waals surface area contributed by atoms with Crippen LogP contribution in [0.1, 0.15) is 25.1 Å². The molecule has 0 bridgehead atoms. The molecule has 1 aliphatic rings. The lowest BCUT2D eigenvalue weighted by atomic mass is 10.1. The van der Waals surface area contributed by atoms with Gasteiger partial charge in [-0.25, -0.2) is 0 Å². The predicted octanol–water partition coefficient (Wildman–Crippen LogP) is 6.69. The average Bonchev–Trinajstić information content (AvgIpc) is 3.40. The SMILES string of the molecule is CCC(C)N1CCN(CC(=N)/C=C(\Nc2ccccc2Cl)c2ccc(-c3cccc([S+](C)[O-])c3)s2)CC1. The number of rotatable bonds is 10. The van der Waals surface area contributed by atoms with Crippen LogP contribution >= 0.6 is 22.9 Å². The zero-order chi connectivity index (χ0) is 26.4. The first-order valence-corrected chi connectivity index (χ1v) is 15.4. The minimum absolute atomic E-state index is 0.560. The second kappa shape index (κ2) is 13.1. The predicted molar refractivity (Wildman–Crippen MR) is 161 cm³/mol. The van der Waals surface area contributed by atoms with Gasteiger partial charge in [0, 0.05) is 55.4 Å². The van der Waals surface area contributed by atoms with Crippen molar-refractivity contribution in [2.45, 2.75) is 31.2 Å². The molecule has 5 nitrogen and oxygen atoms in total. The number of halogens is 1. The van der Waals surface area contributed by atoms with E-state index in [1.165, 1.54) is 6.42 Å². The molecule has 2 atom stereocenters. The first kappa shape index (κ1) is 27.9. The number of nitrogens with zero attached hydrogens (tertiary/aromatic N) is 2. The third-order valence-electron chi connectivity index (χ3n) is 6.80. The Morgan fingerprint density at radius 1 is 1.14 bits per heavy atom. The maximum atomic E-state index is 12.0. The lowest BCUT2D eigenvalue weighted by Crippen LogP contribution is -2.50. The maximum Gasteiger partial charge on any atom is 0.153 e. The summed E-state index contributed by atoms with van der Waals surface area (Å²) in [5, 5.41) is 12.9. The fourth-order valence-electron chi connectivity index (χ4n) is 4.42. The summed E-state index contributed by atoms with van der Waals surface area (Å²) in [6.45, 7) is 9.20. The van der Waals surface area contributed by atoms with Gasteiger partial charge in [0.2, 0.25) is 0 Å². The number of piperazine rings is 1. The van der Waals surface area contributed by atoms with Gasteiger partial charge >= 0.3 is 0 Å². The van der Waals surface area contributed by atoms with Gasteiger partial charge in [-0.05, 0) is 66.5 Å². The van der Waals surface area contributed by atoms with Crippen LogP contribution in [0.4, 0.5) is 5.69 Å². The van der Waals surface area contributed by atoms with Crippen molar-refractivity contribution in [2.75, 3.05) is 44.3 Å². The van der Waals surface area contributed by atoms with Crippen molar-refractivity contribution in [3.05, 3.63) is 76.6 Å². The molecule has 1 fully saturated rings. The Balaban J connectivity index is 1.55. The molecule has 0 radical (unpaired) electrons. The van der Waals surface area contributed by atoms with Gasteiger partial charge in [0.25, 0.3) is 0 Å². The van der Waals surface area contributed by atoms with E-state index in [1.54, 1.807) is 17.6 Å². The van der Waals surface area contributed by atoms with Crippen LogP contribution in [-0.2, 0) is 11.2 Å². The molecule has 0 spiro atoms. The Morgan fingerprint density at radius 2 is 1.89 bits per heavy atom. The lowest BCUT2D eigenvalue weighted by Gasteiger charge is -2.37. The van der Waals surface area contributed by atoms with Crippen LogP contribution in [0.5, 0.6) is 0 Å². The number of anilines is 1. The molecule has 1 aliphatic heterocycles. The zero-order valence-electron chi connectivity index (χ0n) is 21.7. The zero-order valence-corrected chi connectivity index (χ0v) is 24.1. The summed E-state index contributed by atoms with van der Waals surface area (Å²) in [5.74, 6) is 0. The highest BCUT2D eigenvalue weighted by atomic mass is 35.5.